The Kier molecular flexibility index (Phi) is 9.28. The van der Waals surface area contributed by atoms with Crippen molar-refractivity contribution in [3.63, 3.8) is 0 Å². The molecule has 0 bridgehead atoms. The van der Waals surface area contributed by atoms with E-state index in [9.17, 15) is 28.0 Å². The van der Waals surface area contributed by atoms with E-state index < -0.39 is 43.0 Å². The van der Waals surface area contributed by atoms with Gasteiger partial charge >= 0.3 is 59.1 Å². The molecule has 0 amide bonds. The van der Waals surface area contributed by atoms with Gasteiger partial charge in [-0.1, -0.05) is 53.7 Å². The standard InChI is InChI=1S/C17H11ClN2O6S.2Na/c18-12-8-15(27(24,25)26)13(7-11(12)17(22)23)19-20-16-10-4-2-1-3-9(10)5-6-14(16)21;;/h1-8,21H,(H,22,23)(H,24,25,26);;/q;2*+1/p-2. The quantitative estimate of drug-likeness (QED) is 0.249. The van der Waals surface area contributed by atoms with E-state index in [0.717, 1.165) is 12.1 Å². The topological polar surface area (TPSA) is 142 Å². The number of carbonyl (C=O) groups excluding carboxylic acids is 1. The molecule has 0 radical (unpaired) electrons. The Labute approximate surface area is 214 Å². The molecule has 0 aliphatic rings. The first-order chi connectivity index (χ1) is 12.7. The van der Waals surface area contributed by atoms with Crippen molar-refractivity contribution >= 4 is 49.8 Å². The van der Waals surface area contributed by atoms with Gasteiger partial charge in [-0.25, -0.2) is 0 Å². The molecular weight excluding hydrogens is 442 g/mol. The van der Waals surface area contributed by atoms with Crippen LogP contribution in [0.4, 0.5) is 11.4 Å². The molecule has 0 aromatic heterocycles. The zero-order valence-corrected chi connectivity index (χ0v) is 20.9. The summed E-state index contributed by atoms with van der Waals surface area (Å²) in [5.41, 5.74) is -1.12. The molecule has 12 heteroatoms. The summed E-state index contributed by atoms with van der Waals surface area (Å²) in [5, 5.41) is 31.4. The van der Waals surface area contributed by atoms with Crippen LogP contribution < -0.4 is 69.3 Å². The Morgan fingerprint density at radius 2 is 1.69 bits per heavy atom. The number of carboxylic acid groups (broad SMARTS) is 1. The minimum Gasteiger partial charge on any atom is -0.871 e. The van der Waals surface area contributed by atoms with Crippen LogP contribution in [0.15, 0.2) is 63.7 Å². The number of azo groups is 1. The van der Waals surface area contributed by atoms with Crippen molar-refractivity contribution in [1.29, 1.82) is 0 Å². The van der Waals surface area contributed by atoms with Crippen molar-refractivity contribution in [2.45, 2.75) is 4.90 Å². The predicted molar refractivity (Wildman–Crippen MR) is 93.2 cm³/mol. The molecule has 0 atom stereocenters. The average molecular weight is 451 g/mol. The van der Waals surface area contributed by atoms with Crippen molar-refractivity contribution < 1.29 is 87.1 Å². The van der Waals surface area contributed by atoms with Gasteiger partial charge in [0.05, 0.1) is 16.7 Å². The molecule has 29 heavy (non-hydrogen) atoms. The third-order valence-corrected chi connectivity index (χ3v) is 4.86. The van der Waals surface area contributed by atoms with Gasteiger partial charge in [-0.2, -0.15) is 13.5 Å². The Balaban J connectivity index is 0.00000210. The second-order valence-electron chi connectivity index (χ2n) is 5.40. The van der Waals surface area contributed by atoms with Gasteiger partial charge in [0.1, 0.15) is 10.6 Å². The maximum atomic E-state index is 12.1. The fourth-order valence-electron chi connectivity index (χ4n) is 2.43. The Morgan fingerprint density at radius 1 is 1.03 bits per heavy atom. The van der Waals surface area contributed by atoms with Crippen LogP contribution in [0.3, 0.4) is 0 Å². The van der Waals surface area contributed by atoms with Crippen LogP contribution in [0.2, 0.25) is 5.02 Å². The second kappa shape index (κ2) is 10.3. The predicted octanol–water partition coefficient (Wildman–Crippen LogP) is -3.40. The van der Waals surface area contributed by atoms with E-state index in [-0.39, 0.29) is 64.8 Å². The average Bonchev–Trinajstić information content (AvgIpc) is 2.60. The largest absolute Gasteiger partial charge is 1.00 e. The number of hydrogen-bond donors (Lipinski definition) is 1. The molecule has 0 unspecified atom stereocenters. The number of fused-ring (bicyclic) bond motifs is 1. The molecule has 3 aromatic rings. The van der Waals surface area contributed by atoms with Crippen LogP contribution in [-0.2, 0) is 10.1 Å². The van der Waals surface area contributed by atoms with Crippen molar-refractivity contribution in [1.82, 2.24) is 0 Å². The molecule has 0 saturated heterocycles. The first kappa shape index (κ1) is 26.0. The van der Waals surface area contributed by atoms with E-state index in [4.69, 9.17) is 11.6 Å². The van der Waals surface area contributed by atoms with Crippen LogP contribution in [0, 0.1) is 0 Å². The SMILES string of the molecule is O=C([O-])c1cc(N=Nc2c([O-])ccc3ccccc23)c(S(=O)(=O)O)cc1Cl.[Na+].[Na+]. The van der Waals surface area contributed by atoms with E-state index in [1.165, 1.54) is 6.07 Å². The first-order valence-corrected chi connectivity index (χ1v) is 9.13. The maximum Gasteiger partial charge on any atom is 1.00 e. The van der Waals surface area contributed by atoms with Crippen molar-refractivity contribution in [3.8, 4) is 5.75 Å². The van der Waals surface area contributed by atoms with Gasteiger partial charge in [-0.15, -0.1) is 5.11 Å². The van der Waals surface area contributed by atoms with Crippen LogP contribution in [0.1, 0.15) is 10.4 Å². The molecule has 0 aliphatic carbocycles. The zero-order chi connectivity index (χ0) is 19.8. The van der Waals surface area contributed by atoms with Crippen molar-refractivity contribution in [2.75, 3.05) is 0 Å². The van der Waals surface area contributed by atoms with Crippen LogP contribution in [0.5, 0.6) is 5.75 Å². The molecule has 3 aromatic carbocycles. The van der Waals surface area contributed by atoms with Gasteiger partial charge in [0.15, 0.2) is 0 Å². The molecule has 0 fully saturated rings. The Morgan fingerprint density at radius 3 is 2.31 bits per heavy atom. The van der Waals surface area contributed by atoms with Gasteiger partial charge in [-0.3, -0.25) is 4.55 Å². The number of hydrogen-bond acceptors (Lipinski definition) is 7. The number of rotatable bonds is 4. The number of carboxylic acids is 1. The zero-order valence-electron chi connectivity index (χ0n) is 15.3. The molecule has 0 spiro atoms. The van der Waals surface area contributed by atoms with Gasteiger partial charge in [0.2, 0.25) is 0 Å². The minimum atomic E-state index is -4.79. The summed E-state index contributed by atoms with van der Waals surface area (Å²) in [6.07, 6.45) is 0. The van der Waals surface area contributed by atoms with Crippen LogP contribution >= 0.6 is 11.6 Å². The summed E-state index contributed by atoms with van der Waals surface area (Å²) in [4.78, 5) is 10.4. The molecule has 8 nitrogen and oxygen atoms in total. The molecule has 0 aliphatic heterocycles. The smallest absolute Gasteiger partial charge is 0.871 e. The summed E-state index contributed by atoms with van der Waals surface area (Å²) in [5.74, 6) is -2.15. The number of benzene rings is 3. The summed E-state index contributed by atoms with van der Waals surface area (Å²) < 4.78 is 32.4. The third kappa shape index (κ3) is 5.78. The van der Waals surface area contributed by atoms with Gasteiger partial charge in [0, 0.05) is 10.9 Å². The Bertz CT molecular complexity index is 1220. The number of aromatic carboxylic acids is 1. The fourth-order valence-corrected chi connectivity index (χ4v) is 3.36. The Hall–Kier alpha value is -1.01. The molecule has 1 N–H and O–H groups in total. The van der Waals surface area contributed by atoms with Gasteiger partial charge in [-0.05, 0) is 17.5 Å². The molecule has 138 valence electrons. The normalized spacial score (nSPS) is 11.1. The van der Waals surface area contributed by atoms with Crippen molar-refractivity contribution in [3.05, 3.63) is 59.1 Å². The van der Waals surface area contributed by atoms with Crippen molar-refractivity contribution in [2.24, 2.45) is 10.2 Å². The summed E-state index contributed by atoms with van der Waals surface area (Å²) in [7, 11) is -4.79. The van der Waals surface area contributed by atoms with Gasteiger partial charge in [0.25, 0.3) is 10.1 Å². The number of halogens is 1. The number of nitrogens with zero attached hydrogens (tertiary/aromatic N) is 2. The first-order valence-electron chi connectivity index (χ1n) is 7.31. The van der Waals surface area contributed by atoms with Crippen LogP contribution in [-0.4, -0.2) is 18.9 Å². The van der Waals surface area contributed by atoms with Gasteiger partial charge < -0.3 is 15.0 Å². The fraction of sp³-hybridized carbons (Fsp3) is 0. The van der Waals surface area contributed by atoms with E-state index in [2.05, 4.69) is 10.2 Å². The summed E-state index contributed by atoms with van der Waals surface area (Å²) >= 11 is 5.70. The monoisotopic (exact) mass is 450 g/mol. The number of carbonyl (C=O) groups is 1. The van der Waals surface area contributed by atoms with E-state index in [0.29, 0.717) is 10.8 Å². The van der Waals surface area contributed by atoms with E-state index in [1.54, 1.807) is 30.3 Å². The summed E-state index contributed by atoms with van der Waals surface area (Å²) in [6.45, 7) is 0. The van der Waals surface area contributed by atoms with E-state index in [1.807, 2.05) is 0 Å². The van der Waals surface area contributed by atoms with E-state index >= 15 is 0 Å². The molecule has 3 rings (SSSR count). The van der Waals surface area contributed by atoms with Crippen LogP contribution in [0.25, 0.3) is 10.8 Å². The maximum absolute atomic E-state index is 12.1. The molecular formula is C17H9ClN2Na2O6S. The molecule has 0 saturated carbocycles. The third-order valence-electron chi connectivity index (χ3n) is 3.67. The second-order valence-corrected chi connectivity index (χ2v) is 7.19. The summed E-state index contributed by atoms with van der Waals surface area (Å²) in [6, 6.07) is 11.2. The minimum absolute atomic E-state index is 0. The molecule has 0 heterocycles.